The highest BCUT2D eigenvalue weighted by atomic mass is 32.2. The Morgan fingerprint density at radius 1 is 0.887 bits per heavy atom. The van der Waals surface area contributed by atoms with E-state index in [4.69, 9.17) is 23.7 Å². The second-order valence-electron chi connectivity index (χ2n) is 21.9. The van der Waals surface area contributed by atoms with Crippen molar-refractivity contribution in [1.82, 2.24) is 4.31 Å². The molecule has 0 amide bonds. The number of rotatable bonds is 12. The summed E-state index contributed by atoms with van der Waals surface area (Å²) in [5.74, 6) is 1.07. The minimum Gasteiger partial charge on any atom is -0.461 e. The summed E-state index contributed by atoms with van der Waals surface area (Å²) < 4.78 is 62.8. The smallest absolute Gasteiger partial charge is 0.310 e. The molecule has 342 valence electrons. The number of hydrogen-bond acceptors (Lipinski definition) is 8. The number of fused-ring (bicyclic) bond motifs is 3. The first-order valence-corrected chi connectivity index (χ1v) is 25.0. The topological polar surface area (TPSA) is 101 Å². The van der Waals surface area contributed by atoms with E-state index in [1.54, 1.807) is 23.5 Å². The lowest BCUT2D eigenvalue weighted by molar-refractivity contribution is -0.271. The number of ether oxygens (including phenoxy) is 5. The van der Waals surface area contributed by atoms with Crippen LogP contribution >= 0.6 is 0 Å². The van der Waals surface area contributed by atoms with E-state index >= 15 is 0 Å². The van der Waals surface area contributed by atoms with Crippen molar-refractivity contribution in [3.8, 4) is 0 Å². The van der Waals surface area contributed by atoms with Crippen LogP contribution in [0.1, 0.15) is 111 Å². The van der Waals surface area contributed by atoms with Crippen molar-refractivity contribution in [2.75, 3.05) is 47.2 Å². The maximum atomic E-state index is 14.9. The van der Waals surface area contributed by atoms with Gasteiger partial charge < -0.3 is 23.7 Å². The highest BCUT2D eigenvalue weighted by Crippen LogP contribution is 2.75. The van der Waals surface area contributed by atoms with Crippen molar-refractivity contribution in [3.05, 3.63) is 77.4 Å². The van der Waals surface area contributed by atoms with Gasteiger partial charge in [-0.1, -0.05) is 108 Å². The van der Waals surface area contributed by atoms with Gasteiger partial charge in [0.25, 0.3) is 0 Å². The normalized spacial score (nSPS) is 38.3. The van der Waals surface area contributed by atoms with Crippen molar-refractivity contribution < 1.29 is 36.9 Å². The zero-order chi connectivity index (χ0) is 44.5. The van der Waals surface area contributed by atoms with Crippen LogP contribution in [-0.2, 0) is 45.1 Å². The molecule has 2 aliphatic heterocycles. The first kappa shape index (κ1) is 45.9. The van der Waals surface area contributed by atoms with Gasteiger partial charge in [0.15, 0.2) is 0 Å². The van der Waals surface area contributed by atoms with Crippen LogP contribution in [0.3, 0.4) is 0 Å². The van der Waals surface area contributed by atoms with Crippen LogP contribution in [-0.4, -0.2) is 83.6 Å². The number of esters is 1. The zero-order valence-corrected chi connectivity index (χ0v) is 40.2. The standard InChI is InChI=1S/C52H75NO8S/c1-35(2)37(4)47(5)24-25-49(7)40-20-21-43-48(6)32-59-34-52(43,41(40)22-23-50(49,8)44(47)46(54)60-31-38-14-12-11-13-15-38)30-42(57-10)45(48)61-33-51(26-28-58-29-27-51)53(9)62(55,56)39-18-16-36(3)17-19-39/h11-19,22,35,37,40,42-45H,20-21,23-34H2,1-10H3/t37-,40+,42-,43+,44-,45+,47-,48+,49-,50+,52+/m1/s1. The number of aryl methyl sites for hydroxylation is 1. The lowest BCUT2D eigenvalue weighted by Gasteiger charge is -2.71. The summed E-state index contributed by atoms with van der Waals surface area (Å²) in [5.41, 5.74) is 1.53. The SMILES string of the molecule is CO[C@@H]1C[C@@]23COC[C@@](C)([C@@H]2CC[C@H]2C3=CC[C@@]3(C)[C@H](C(=O)OCc4ccccc4)[C@@](C)([C@H](C)C(C)C)CC[C@]23C)[C@H]1OCC1(N(C)S(=O)(=O)c2ccc(C)cc2)CCOCC1. The lowest BCUT2D eigenvalue weighted by Crippen LogP contribution is -2.70. The third-order valence-corrected chi connectivity index (χ3v) is 20.9. The molecule has 62 heavy (non-hydrogen) atoms. The van der Waals surface area contributed by atoms with Crippen LogP contribution < -0.4 is 0 Å². The van der Waals surface area contributed by atoms with E-state index in [1.165, 1.54) is 5.57 Å². The van der Waals surface area contributed by atoms with Crippen LogP contribution in [0.15, 0.2) is 71.1 Å². The fourth-order valence-corrected chi connectivity index (χ4v) is 16.1. The van der Waals surface area contributed by atoms with E-state index in [2.05, 4.69) is 54.5 Å². The van der Waals surface area contributed by atoms with Crippen molar-refractivity contribution in [2.45, 2.75) is 136 Å². The fourth-order valence-electron chi connectivity index (χ4n) is 14.5. The molecule has 0 unspecified atom stereocenters. The van der Waals surface area contributed by atoms with Gasteiger partial charge in [-0.2, -0.15) is 4.31 Å². The van der Waals surface area contributed by atoms with Gasteiger partial charge in [-0.05, 0) is 116 Å². The van der Waals surface area contributed by atoms with Crippen molar-refractivity contribution in [2.24, 2.45) is 56.7 Å². The summed E-state index contributed by atoms with van der Waals surface area (Å²) in [6, 6.07) is 17.2. The number of benzene rings is 2. The predicted octanol–water partition coefficient (Wildman–Crippen LogP) is 9.81. The Morgan fingerprint density at radius 3 is 2.24 bits per heavy atom. The molecule has 0 aromatic heterocycles. The second kappa shape index (κ2) is 16.7. The summed E-state index contributed by atoms with van der Waals surface area (Å²) in [6.07, 6.45) is 8.87. The first-order valence-electron chi connectivity index (χ1n) is 23.6. The van der Waals surface area contributed by atoms with Crippen molar-refractivity contribution >= 4 is 16.0 Å². The molecule has 2 aromatic carbocycles. The molecule has 2 aromatic rings. The molecule has 0 spiro atoms. The number of hydrogen-bond donors (Lipinski definition) is 0. The molecule has 6 aliphatic rings. The van der Waals surface area contributed by atoms with Gasteiger partial charge in [0.05, 0.1) is 48.4 Å². The zero-order valence-electron chi connectivity index (χ0n) is 39.3. The molecule has 10 heteroatoms. The van der Waals surface area contributed by atoms with Crippen LogP contribution in [0.4, 0.5) is 0 Å². The van der Waals surface area contributed by atoms with E-state index in [9.17, 15) is 13.2 Å². The molecule has 5 fully saturated rings. The highest BCUT2D eigenvalue weighted by Gasteiger charge is 2.72. The maximum absolute atomic E-state index is 14.9. The minimum absolute atomic E-state index is 0.0498. The molecule has 2 bridgehead atoms. The molecule has 11 atom stereocenters. The number of sulfonamides is 1. The van der Waals surface area contributed by atoms with Crippen LogP contribution in [0, 0.1) is 63.6 Å². The molecule has 3 saturated carbocycles. The van der Waals surface area contributed by atoms with Gasteiger partial charge in [0.2, 0.25) is 10.0 Å². The van der Waals surface area contributed by atoms with Gasteiger partial charge >= 0.3 is 5.97 Å². The molecule has 2 heterocycles. The summed E-state index contributed by atoms with van der Waals surface area (Å²) in [7, 11) is -0.282. The molecular formula is C52H75NO8S. The Balaban J connectivity index is 1.11. The van der Waals surface area contributed by atoms with E-state index < -0.39 is 15.6 Å². The first-order chi connectivity index (χ1) is 29.3. The number of likely N-dealkylation sites (N-methyl/N-ethyl adjacent to an activating group) is 1. The van der Waals surface area contributed by atoms with Crippen molar-refractivity contribution in [3.63, 3.8) is 0 Å². The molecule has 2 saturated heterocycles. The second-order valence-corrected chi connectivity index (χ2v) is 23.9. The van der Waals surface area contributed by atoms with Gasteiger partial charge in [-0.25, -0.2) is 8.42 Å². The summed E-state index contributed by atoms with van der Waals surface area (Å²) >= 11 is 0. The van der Waals surface area contributed by atoms with Crippen molar-refractivity contribution in [1.29, 1.82) is 0 Å². The molecular weight excluding hydrogens is 799 g/mol. The fraction of sp³-hybridized carbons (Fsp3) is 0.712. The number of methoxy groups -OCH3 is 1. The van der Waals surface area contributed by atoms with Crippen LogP contribution in [0.5, 0.6) is 0 Å². The Hall–Kier alpha value is -2.60. The Bertz CT molecular complexity index is 2080. The quantitative estimate of drug-likeness (QED) is 0.154. The minimum atomic E-state index is -3.81. The summed E-state index contributed by atoms with van der Waals surface area (Å²) in [6.45, 7) is 21.3. The largest absolute Gasteiger partial charge is 0.461 e. The maximum Gasteiger partial charge on any atom is 0.310 e. The van der Waals surface area contributed by atoms with Crippen LogP contribution in [0.2, 0.25) is 0 Å². The van der Waals surface area contributed by atoms with E-state index in [-0.39, 0.29) is 69.3 Å². The van der Waals surface area contributed by atoms with Gasteiger partial charge in [0.1, 0.15) is 6.61 Å². The Morgan fingerprint density at radius 2 is 1.58 bits per heavy atom. The number of carbonyl (C=O) groups excluding carboxylic acids is 1. The molecule has 0 radical (unpaired) electrons. The van der Waals surface area contributed by atoms with Crippen LogP contribution in [0.25, 0.3) is 0 Å². The third kappa shape index (κ3) is 7.10. The lowest BCUT2D eigenvalue weighted by atomic mass is 9.34. The molecule has 4 aliphatic carbocycles. The van der Waals surface area contributed by atoms with Gasteiger partial charge in [-0.15, -0.1) is 0 Å². The van der Waals surface area contributed by atoms with E-state index in [0.717, 1.165) is 49.7 Å². The number of nitrogens with zero attached hydrogens (tertiary/aromatic N) is 1. The number of allylic oxidation sites excluding steroid dienone is 1. The predicted molar refractivity (Wildman–Crippen MR) is 242 cm³/mol. The summed E-state index contributed by atoms with van der Waals surface area (Å²) in [5, 5.41) is 0. The number of carbonyl (C=O) groups is 1. The summed E-state index contributed by atoms with van der Waals surface area (Å²) in [4.78, 5) is 15.2. The Kier molecular flexibility index (Phi) is 12.4. The van der Waals surface area contributed by atoms with E-state index in [1.807, 2.05) is 56.5 Å². The Labute approximate surface area is 373 Å². The van der Waals surface area contributed by atoms with E-state index in [0.29, 0.717) is 62.9 Å². The van der Waals surface area contributed by atoms with Gasteiger partial charge in [0, 0.05) is 38.2 Å². The van der Waals surface area contributed by atoms with Gasteiger partial charge in [-0.3, -0.25) is 4.79 Å². The molecule has 8 rings (SSSR count). The average molecular weight is 874 g/mol. The molecule has 9 nitrogen and oxygen atoms in total. The third-order valence-electron chi connectivity index (χ3n) is 18.9. The highest BCUT2D eigenvalue weighted by molar-refractivity contribution is 7.89. The monoisotopic (exact) mass is 874 g/mol. The molecule has 0 N–H and O–H groups in total. The average Bonchev–Trinajstić information content (AvgIpc) is 3.25.